The third-order valence-corrected chi connectivity index (χ3v) is 7.63. The van der Waals surface area contributed by atoms with E-state index in [0.29, 0.717) is 23.8 Å². The Bertz CT molecular complexity index is 783. The average Bonchev–Trinajstić information content (AvgIpc) is 2.91. The van der Waals surface area contributed by atoms with Crippen molar-refractivity contribution in [1.29, 1.82) is 0 Å². The predicted octanol–water partition coefficient (Wildman–Crippen LogP) is 4.70. The second-order valence-corrected chi connectivity index (χ2v) is 9.87. The van der Waals surface area contributed by atoms with E-state index in [2.05, 4.69) is 55.6 Å². The number of fused-ring (bicyclic) bond motifs is 2. The largest absolute Gasteiger partial charge is 0.336 e. The zero-order valence-electron chi connectivity index (χ0n) is 19.0. The molecule has 3 aliphatic rings. The van der Waals surface area contributed by atoms with Crippen LogP contribution in [0.15, 0.2) is 12.1 Å². The van der Waals surface area contributed by atoms with Crippen LogP contribution in [0.1, 0.15) is 95.2 Å². The Morgan fingerprint density at radius 2 is 2.03 bits per heavy atom. The number of carbonyl (C=O) groups is 1. The van der Waals surface area contributed by atoms with Crippen LogP contribution in [-0.2, 0) is 0 Å². The number of carbonyl (C=O) groups excluding carboxylic acids is 1. The molecule has 3 atom stereocenters. The topological polar surface area (TPSA) is 47.6 Å². The van der Waals surface area contributed by atoms with E-state index in [1.54, 1.807) is 0 Å². The molecule has 4 rings (SSSR count). The van der Waals surface area contributed by atoms with Gasteiger partial charge in [-0.1, -0.05) is 19.9 Å². The molecule has 1 aromatic rings. The van der Waals surface area contributed by atoms with Gasteiger partial charge in [0.1, 0.15) is 0 Å². The van der Waals surface area contributed by atoms with Crippen LogP contribution in [0.5, 0.6) is 0 Å². The SMILES string of the molecule is CCN(CC)C(=O)NN1c2cc(C(C)C)cc3c2C(C[C@H]2NCCC[C@H]32)C1(C)C. The van der Waals surface area contributed by atoms with Gasteiger partial charge in [-0.25, -0.2) is 10.2 Å². The summed E-state index contributed by atoms with van der Waals surface area (Å²) in [5.41, 5.74) is 8.77. The summed E-state index contributed by atoms with van der Waals surface area (Å²) in [6, 6.07) is 5.37. The summed E-state index contributed by atoms with van der Waals surface area (Å²) in [5.74, 6) is 1.50. The second-order valence-electron chi connectivity index (χ2n) is 9.87. The minimum Gasteiger partial charge on any atom is -0.324 e. The van der Waals surface area contributed by atoms with E-state index in [1.807, 2.05) is 18.7 Å². The molecular weight excluding hydrogens is 360 g/mol. The Kier molecular flexibility index (Phi) is 5.30. The van der Waals surface area contributed by atoms with Crippen molar-refractivity contribution in [2.45, 2.75) is 90.1 Å². The number of urea groups is 1. The lowest BCUT2D eigenvalue weighted by Gasteiger charge is -2.44. The minimum absolute atomic E-state index is 0.000892. The van der Waals surface area contributed by atoms with Crippen LogP contribution in [0.3, 0.4) is 0 Å². The molecule has 5 heteroatoms. The van der Waals surface area contributed by atoms with Crippen LogP contribution < -0.4 is 15.8 Å². The van der Waals surface area contributed by atoms with Crippen LogP contribution in [-0.4, -0.2) is 42.1 Å². The summed E-state index contributed by atoms with van der Waals surface area (Å²) >= 11 is 0. The maximum absolute atomic E-state index is 13.0. The highest BCUT2D eigenvalue weighted by Crippen LogP contribution is 2.57. The van der Waals surface area contributed by atoms with Gasteiger partial charge < -0.3 is 10.2 Å². The molecule has 0 bridgehead atoms. The van der Waals surface area contributed by atoms with E-state index in [-0.39, 0.29) is 11.6 Å². The van der Waals surface area contributed by atoms with Gasteiger partial charge in [0.2, 0.25) is 0 Å². The van der Waals surface area contributed by atoms with Gasteiger partial charge in [-0.15, -0.1) is 0 Å². The lowest BCUT2D eigenvalue weighted by atomic mass is 9.67. The zero-order chi connectivity index (χ0) is 20.9. The molecule has 1 fully saturated rings. The summed E-state index contributed by atoms with van der Waals surface area (Å²) in [6.45, 7) is 15.8. The fraction of sp³-hybridized carbons (Fsp3) is 0.708. The number of rotatable bonds is 4. The summed E-state index contributed by atoms with van der Waals surface area (Å²) < 4.78 is 0. The average molecular weight is 399 g/mol. The number of benzene rings is 1. The Hall–Kier alpha value is -1.75. The second kappa shape index (κ2) is 7.50. The first-order chi connectivity index (χ1) is 13.8. The highest BCUT2D eigenvalue weighted by Gasteiger charge is 2.52. The molecule has 1 unspecified atom stereocenters. The first-order valence-corrected chi connectivity index (χ1v) is 11.6. The molecule has 0 aromatic heterocycles. The molecule has 2 aliphatic heterocycles. The minimum atomic E-state index is -0.153. The van der Waals surface area contributed by atoms with Crippen molar-refractivity contribution in [1.82, 2.24) is 15.6 Å². The van der Waals surface area contributed by atoms with E-state index in [4.69, 9.17) is 0 Å². The first kappa shape index (κ1) is 20.5. The van der Waals surface area contributed by atoms with E-state index in [9.17, 15) is 4.79 Å². The van der Waals surface area contributed by atoms with Gasteiger partial charge in [-0.05, 0) is 88.1 Å². The molecule has 2 amide bonds. The van der Waals surface area contributed by atoms with E-state index in [1.165, 1.54) is 35.2 Å². The van der Waals surface area contributed by atoms with Crippen molar-refractivity contribution in [2.24, 2.45) is 0 Å². The Labute approximate surface area is 176 Å². The van der Waals surface area contributed by atoms with Gasteiger partial charge in [0.15, 0.2) is 0 Å². The normalized spacial score (nSPS) is 26.9. The molecule has 2 N–H and O–H groups in total. The highest BCUT2D eigenvalue weighted by atomic mass is 16.2. The van der Waals surface area contributed by atoms with Gasteiger partial charge in [-0.2, -0.15) is 0 Å². The molecule has 160 valence electrons. The number of piperidine rings is 1. The molecule has 0 radical (unpaired) electrons. The van der Waals surface area contributed by atoms with Gasteiger partial charge in [-0.3, -0.25) is 5.01 Å². The molecule has 1 aliphatic carbocycles. The zero-order valence-corrected chi connectivity index (χ0v) is 19.0. The van der Waals surface area contributed by atoms with E-state index >= 15 is 0 Å². The number of hydrogen-bond acceptors (Lipinski definition) is 3. The van der Waals surface area contributed by atoms with Crippen LogP contribution in [0.4, 0.5) is 10.5 Å². The molecule has 29 heavy (non-hydrogen) atoms. The fourth-order valence-corrected chi connectivity index (χ4v) is 5.82. The Balaban J connectivity index is 1.81. The fourth-order valence-electron chi connectivity index (χ4n) is 5.82. The van der Waals surface area contributed by atoms with Crippen molar-refractivity contribution in [2.75, 3.05) is 24.6 Å². The van der Waals surface area contributed by atoms with Crippen molar-refractivity contribution in [3.8, 4) is 0 Å². The first-order valence-electron chi connectivity index (χ1n) is 11.6. The van der Waals surface area contributed by atoms with Crippen molar-refractivity contribution in [3.63, 3.8) is 0 Å². The third-order valence-electron chi connectivity index (χ3n) is 7.63. The number of amides is 2. The maximum Gasteiger partial charge on any atom is 0.336 e. The number of hydrazine groups is 1. The van der Waals surface area contributed by atoms with Crippen LogP contribution in [0, 0.1) is 0 Å². The van der Waals surface area contributed by atoms with Gasteiger partial charge in [0.25, 0.3) is 0 Å². The maximum atomic E-state index is 13.0. The number of nitrogens with one attached hydrogen (secondary N) is 2. The van der Waals surface area contributed by atoms with Gasteiger partial charge in [0, 0.05) is 25.0 Å². The van der Waals surface area contributed by atoms with Crippen LogP contribution in [0.25, 0.3) is 0 Å². The standard InChI is InChI=1S/C24H38N4O/c1-7-27(8-2)23(29)26-28-21-13-16(15(3)4)12-18-17-10-9-11-25-20(17)14-19(22(18)21)24(28,5)6/h12-13,15,17,19-20,25H,7-11,14H2,1-6H3,(H,26,29)/t17-,19?,20-/m1/s1. The van der Waals surface area contributed by atoms with Crippen molar-refractivity contribution in [3.05, 3.63) is 28.8 Å². The number of anilines is 1. The van der Waals surface area contributed by atoms with E-state index < -0.39 is 0 Å². The number of nitrogens with zero attached hydrogens (tertiary/aromatic N) is 2. The molecule has 1 aromatic carbocycles. The molecule has 0 saturated carbocycles. The van der Waals surface area contributed by atoms with Gasteiger partial charge in [0.05, 0.1) is 11.2 Å². The summed E-state index contributed by atoms with van der Waals surface area (Å²) in [5, 5.41) is 6.01. The quantitative estimate of drug-likeness (QED) is 0.773. The molecule has 5 nitrogen and oxygen atoms in total. The van der Waals surface area contributed by atoms with Crippen molar-refractivity contribution < 1.29 is 4.79 Å². The Morgan fingerprint density at radius 3 is 2.69 bits per heavy atom. The Morgan fingerprint density at radius 1 is 1.31 bits per heavy atom. The van der Waals surface area contributed by atoms with Crippen molar-refractivity contribution >= 4 is 11.7 Å². The predicted molar refractivity (Wildman–Crippen MR) is 120 cm³/mol. The third kappa shape index (κ3) is 3.22. The molecule has 2 heterocycles. The monoisotopic (exact) mass is 398 g/mol. The lowest BCUT2D eigenvalue weighted by molar-refractivity contribution is 0.195. The van der Waals surface area contributed by atoms with Gasteiger partial charge >= 0.3 is 6.03 Å². The lowest BCUT2D eigenvalue weighted by Crippen LogP contribution is -2.57. The molecule has 0 spiro atoms. The van der Waals surface area contributed by atoms with Crippen LogP contribution in [0.2, 0.25) is 0 Å². The van der Waals surface area contributed by atoms with E-state index in [0.717, 1.165) is 26.1 Å². The number of hydrogen-bond donors (Lipinski definition) is 2. The summed E-state index contributed by atoms with van der Waals surface area (Å²) in [4.78, 5) is 14.8. The molecule has 1 saturated heterocycles. The molecular formula is C24H38N4O. The van der Waals surface area contributed by atoms with Crippen LogP contribution >= 0.6 is 0 Å². The highest BCUT2D eigenvalue weighted by molar-refractivity contribution is 5.79. The summed E-state index contributed by atoms with van der Waals surface area (Å²) in [6.07, 6.45) is 3.67. The summed E-state index contributed by atoms with van der Waals surface area (Å²) in [7, 11) is 0. The smallest absolute Gasteiger partial charge is 0.324 e.